The Hall–Kier alpha value is -0.0800. The molecule has 1 N–H and O–H groups in total. The quantitative estimate of drug-likeness (QED) is 0.728. The van der Waals surface area contributed by atoms with Crippen molar-refractivity contribution in [1.29, 1.82) is 0 Å². The molecule has 1 saturated carbocycles. The van der Waals surface area contributed by atoms with Crippen LogP contribution >= 0.6 is 0 Å². The van der Waals surface area contributed by atoms with Gasteiger partial charge in [0.1, 0.15) is 0 Å². The number of rotatable bonds is 5. The average Bonchev–Trinajstić information content (AvgIpc) is 2.52. The van der Waals surface area contributed by atoms with Gasteiger partial charge in [0.05, 0.1) is 0 Å². The van der Waals surface area contributed by atoms with Gasteiger partial charge in [-0.25, -0.2) is 0 Å². The monoisotopic (exact) mass is 198 g/mol. The Balaban J connectivity index is 2.24. The third-order valence-corrected chi connectivity index (χ3v) is 3.68. The van der Waals surface area contributed by atoms with Crippen LogP contribution in [-0.2, 0) is 0 Å². The third-order valence-electron chi connectivity index (χ3n) is 3.68. The topological polar surface area (TPSA) is 15.3 Å². The normalized spacial score (nSPS) is 29.8. The van der Waals surface area contributed by atoms with Crippen LogP contribution in [0.15, 0.2) is 0 Å². The highest BCUT2D eigenvalue weighted by Gasteiger charge is 2.23. The first-order chi connectivity index (χ1) is 6.65. The van der Waals surface area contributed by atoms with Crippen molar-refractivity contribution in [3.8, 4) is 0 Å². The van der Waals surface area contributed by atoms with Crippen LogP contribution in [0.3, 0.4) is 0 Å². The molecule has 0 amide bonds. The van der Waals surface area contributed by atoms with Crippen molar-refractivity contribution in [2.45, 2.75) is 51.6 Å². The fraction of sp³-hybridized carbons (Fsp3) is 1.00. The fourth-order valence-corrected chi connectivity index (χ4v) is 2.43. The van der Waals surface area contributed by atoms with Crippen molar-refractivity contribution in [1.82, 2.24) is 10.2 Å². The minimum Gasteiger partial charge on any atom is -0.312 e. The van der Waals surface area contributed by atoms with Gasteiger partial charge < -0.3 is 10.2 Å². The van der Waals surface area contributed by atoms with E-state index in [2.05, 4.69) is 38.2 Å². The summed E-state index contributed by atoms with van der Waals surface area (Å²) in [6.45, 7) is 5.80. The summed E-state index contributed by atoms with van der Waals surface area (Å²) in [6, 6.07) is 1.48. The number of likely N-dealkylation sites (N-methyl/N-ethyl adjacent to an activating group) is 1. The lowest BCUT2D eigenvalue weighted by Crippen LogP contribution is -2.42. The Kier molecular flexibility index (Phi) is 4.90. The smallest absolute Gasteiger partial charge is 0.0212 e. The minimum absolute atomic E-state index is 0.697. The molecule has 3 atom stereocenters. The van der Waals surface area contributed by atoms with E-state index in [0.29, 0.717) is 6.04 Å². The van der Waals surface area contributed by atoms with E-state index in [1.165, 1.54) is 25.7 Å². The molecular formula is C12H26N2. The van der Waals surface area contributed by atoms with Crippen LogP contribution < -0.4 is 5.32 Å². The second-order valence-electron chi connectivity index (χ2n) is 4.95. The maximum Gasteiger partial charge on any atom is 0.0212 e. The zero-order chi connectivity index (χ0) is 10.6. The zero-order valence-electron chi connectivity index (χ0n) is 10.2. The Morgan fingerprint density at radius 1 is 1.36 bits per heavy atom. The van der Waals surface area contributed by atoms with E-state index in [4.69, 9.17) is 0 Å². The molecule has 0 radical (unpaired) electrons. The second-order valence-corrected chi connectivity index (χ2v) is 4.95. The van der Waals surface area contributed by atoms with Gasteiger partial charge >= 0.3 is 0 Å². The van der Waals surface area contributed by atoms with Gasteiger partial charge in [0.15, 0.2) is 0 Å². The number of hydrogen-bond donors (Lipinski definition) is 1. The number of nitrogens with zero attached hydrogens (tertiary/aromatic N) is 1. The predicted octanol–water partition coefficient (Wildman–Crippen LogP) is 2.10. The third kappa shape index (κ3) is 3.25. The van der Waals surface area contributed by atoms with E-state index in [1.54, 1.807) is 0 Å². The summed E-state index contributed by atoms with van der Waals surface area (Å²) in [5, 5.41) is 3.72. The van der Waals surface area contributed by atoms with Crippen LogP contribution in [0.25, 0.3) is 0 Å². The molecule has 0 heterocycles. The highest BCUT2D eigenvalue weighted by atomic mass is 15.1. The summed E-state index contributed by atoms with van der Waals surface area (Å²) in [5.74, 6) is 0.884. The van der Waals surface area contributed by atoms with Gasteiger partial charge in [0, 0.05) is 18.6 Å². The van der Waals surface area contributed by atoms with Crippen LogP contribution in [0.4, 0.5) is 0 Å². The number of nitrogens with one attached hydrogen (secondary N) is 1. The highest BCUT2D eigenvalue weighted by Crippen LogP contribution is 2.24. The van der Waals surface area contributed by atoms with Crippen molar-refractivity contribution in [2.24, 2.45) is 5.92 Å². The minimum atomic E-state index is 0.697. The molecule has 0 saturated heterocycles. The van der Waals surface area contributed by atoms with E-state index in [-0.39, 0.29) is 0 Å². The average molecular weight is 198 g/mol. The zero-order valence-corrected chi connectivity index (χ0v) is 10.2. The van der Waals surface area contributed by atoms with Crippen molar-refractivity contribution in [3.63, 3.8) is 0 Å². The molecule has 2 nitrogen and oxygen atoms in total. The molecule has 0 aromatic heterocycles. The lowest BCUT2D eigenvalue weighted by Gasteiger charge is -2.26. The van der Waals surface area contributed by atoms with Gasteiger partial charge in [0.2, 0.25) is 0 Å². The van der Waals surface area contributed by atoms with Gasteiger partial charge in [-0.3, -0.25) is 0 Å². The highest BCUT2D eigenvalue weighted by molar-refractivity contribution is 4.81. The molecule has 0 spiro atoms. The van der Waals surface area contributed by atoms with Crippen LogP contribution in [0.5, 0.6) is 0 Å². The molecular weight excluding hydrogens is 172 g/mol. The SMILES string of the molecule is CCC(CNC1CCCC1C)N(C)C. The van der Waals surface area contributed by atoms with E-state index in [0.717, 1.165) is 18.5 Å². The summed E-state index contributed by atoms with van der Waals surface area (Å²) < 4.78 is 0. The molecule has 0 aliphatic heterocycles. The summed E-state index contributed by atoms with van der Waals surface area (Å²) in [4.78, 5) is 2.33. The summed E-state index contributed by atoms with van der Waals surface area (Å²) in [7, 11) is 4.35. The molecule has 1 rings (SSSR count). The fourth-order valence-electron chi connectivity index (χ4n) is 2.43. The van der Waals surface area contributed by atoms with Crippen molar-refractivity contribution >= 4 is 0 Å². The molecule has 14 heavy (non-hydrogen) atoms. The van der Waals surface area contributed by atoms with E-state index in [1.807, 2.05) is 0 Å². The molecule has 2 heteroatoms. The van der Waals surface area contributed by atoms with Crippen molar-refractivity contribution in [3.05, 3.63) is 0 Å². The molecule has 1 aliphatic carbocycles. The lowest BCUT2D eigenvalue weighted by molar-refractivity contribution is 0.261. The molecule has 3 unspecified atom stereocenters. The predicted molar refractivity (Wildman–Crippen MR) is 62.6 cm³/mol. The molecule has 1 fully saturated rings. The van der Waals surface area contributed by atoms with Gasteiger partial charge in [-0.2, -0.15) is 0 Å². The van der Waals surface area contributed by atoms with Crippen LogP contribution in [0.1, 0.15) is 39.5 Å². The van der Waals surface area contributed by atoms with Gasteiger partial charge in [-0.05, 0) is 39.3 Å². The Morgan fingerprint density at radius 2 is 2.07 bits per heavy atom. The molecule has 0 bridgehead atoms. The molecule has 0 aromatic rings. The summed E-state index contributed by atoms with van der Waals surface area (Å²) >= 11 is 0. The first-order valence-corrected chi connectivity index (χ1v) is 6.05. The van der Waals surface area contributed by atoms with Crippen molar-refractivity contribution in [2.75, 3.05) is 20.6 Å². The van der Waals surface area contributed by atoms with E-state index >= 15 is 0 Å². The second kappa shape index (κ2) is 5.72. The van der Waals surface area contributed by atoms with E-state index in [9.17, 15) is 0 Å². The molecule has 1 aliphatic rings. The van der Waals surface area contributed by atoms with Crippen molar-refractivity contribution < 1.29 is 0 Å². The van der Waals surface area contributed by atoms with Crippen LogP contribution in [-0.4, -0.2) is 37.6 Å². The first-order valence-electron chi connectivity index (χ1n) is 6.05. The molecule has 0 aromatic carbocycles. The Morgan fingerprint density at radius 3 is 2.50 bits per heavy atom. The van der Waals surface area contributed by atoms with Crippen LogP contribution in [0.2, 0.25) is 0 Å². The number of hydrogen-bond acceptors (Lipinski definition) is 2. The van der Waals surface area contributed by atoms with Crippen LogP contribution in [0, 0.1) is 5.92 Å². The van der Waals surface area contributed by atoms with Gasteiger partial charge in [-0.1, -0.05) is 20.3 Å². The maximum atomic E-state index is 3.72. The summed E-state index contributed by atoms with van der Waals surface area (Å²) in [6.07, 6.45) is 5.44. The first kappa shape index (κ1) is 12.0. The van der Waals surface area contributed by atoms with E-state index < -0.39 is 0 Å². The summed E-state index contributed by atoms with van der Waals surface area (Å²) in [5.41, 5.74) is 0. The molecule has 84 valence electrons. The standard InChI is InChI=1S/C12H26N2/c1-5-11(14(3)4)9-13-12-8-6-7-10(12)2/h10-13H,5-9H2,1-4H3. The van der Waals surface area contributed by atoms with Gasteiger partial charge in [0.25, 0.3) is 0 Å². The Bertz CT molecular complexity index is 154. The lowest BCUT2D eigenvalue weighted by atomic mass is 10.1. The largest absolute Gasteiger partial charge is 0.312 e. The maximum absolute atomic E-state index is 3.72. The Labute approximate surface area is 89.1 Å². The van der Waals surface area contributed by atoms with Gasteiger partial charge in [-0.15, -0.1) is 0 Å².